The van der Waals surface area contributed by atoms with Crippen LogP contribution in [0, 0.1) is 0 Å². The number of anilines is 1. The summed E-state index contributed by atoms with van der Waals surface area (Å²) in [5, 5.41) is 0. The lowest BCUT2D eigenvalue weighted by Crippen LogP contribution is -2.22. The van der Waals surface area contributed by atoms with Crippen LogP contribution in [0.3, 0.4) is 0 Å². The number of thiol groups is 1. The lowest BCUT2D eigenvalue weighted by molar-refractivity contribution is -0.116. The van der Waals surface area contributed by atoms with Gasteiger partial charge in [-0.15, -0.1) is 12.6 Å². The SMILES string of the molecule is CC(=O)N(C)c1cccc(S)c1. The van der Waals surface area contributed by atoms with E-state index in [1.807, 2.05) is 24.3 Å². The van der Waals surface area contributed by atoms with Crippen LogP contribution < -0.4 is 4.90 Å². The van der Waals surface area contributed by atoms with Gasteiger partial charge < -0.3 is 4.90 Å². The summed E-state index contributed by atoms with van der Waals surface area (Å²) >= 11 is 4.18. The zero-order valence-corrected chi connectivity index (χ0v) is 8.01. The molecule has 1 aromatic carbocycles. The largest absolute Gasteiger partial charge is 0.316 e. The predicted molar refractivity (Wildman–Crippen MR) is 52.8 cm³/mol. The molecule has 0 N–H and O–H groups in total. The molecule has 3 heteroatoms. The van der Waals surface area contributed by atoms with Gasteiger partial charge in [-0.2, -0.15) is 0 Å². The fourth-order valence-corrected chi connectivity index (χ4v) is 1.10. The number of carbonyl (C=O) groups is 1. The number of benzene rings is 1. The second-order valence-electron chi connectivity index (χ2n) is 2.60. The Morgan fingerprint density at radius 1 is 1.50 bits per heavy atom. The van der Waals surface area contributed by atoms with Gasteiger partial charge in [-0.05, 0) is 18.2 Å². The second-order valence-corrected chi connectivity index (χ2v) is 3.11. The zero-order chi connectivity index (χ0) is 9.14. The molecule has 12 heavy (non-hydrogen) atoms. The van der Waals surface area contributed by atoms with Gasteiger partial charge in [0.1, 0.15) is 0 Å². The first-order chi connectivity index (χ1) is 5.61. The van der Waals surface area contributed by atoms with E-state index in [2.05, 4.69) is 12.6 Å². The lowest BCUT2D eigenvalue weighted by Gasteiger charge is -2.14. The van der Waals surface area contributed by atoms with Gasteiger partial charge in [0.15, 0.2) is 0 Å². The quantitative estimate of drug-likeness (QED) is 0.657. The van der Waals surface area contributed by atoms with Crippen LogP contribution in [0.15, 0.2) is 29.2 Å². The van der Waals surface area contributed by atoms with Gasteiger partial charge in [-0.25, -0.2) is 0 Å². The third kappa shape index (κ3) is 2.01. The smallest absolute Gasteiger partial charge is 0.223 e. The van der Waals surface area contributed by atoms with E-state index in [0.29, 0.717) is 0 Å². The van der Waals surface area contributed by atoms with E-state index in [4.69, 9.17) is 0 Å². The summed E-state index contributed by atoms with van der Waals surface area (Å²) in [5.74, 6) is 0.0222. The Kier molecular flexibility index (Phi) is 2.76. The van der Waals surface area contributed by atoms with Crippen molar-refractivity contribution < 1.29 is 4.79 Å². The Balaban J connectivity index is 2.95. The molecule has 0 radical (unpaired) electrons. The summed E-state index contributed by atoms with van der Waals surface area (Å²) in [4.78, 5) is 13.4. The van der Waals surface area contributed by atoms with Crippen molar-refractivity contribution in [3.63, 3.8) is 0 Å². The van der Waals surface area contributed by atoms with Crippen molar-refractivity contribution >= 4 is 24.2 Å². The van der Waals surface area contributed by atoms with Crippen molar-refractivity contribution in [1.29, 1.82) is 0 Å². The minimum atomic E-state index is 0.0222. The van der Waals surface area contributed by atoms with Crippen molar-refractivity contribution in [2.75, 3.05) is 11.9 Å². The van der Waals surface area contributed by atoms with Gasteiger partial charge in [-0.1, -0.05) is 6.07 Å². The van der Waals surface area contributed by atoms with Crippen LogP contribution >= 0.6 is 12.6 Å². The van der Waals surface area contributed by atoms with E-state index in [0.717, 1.165) is 10.6 Å². The molecular weight excluding hydrogens is 170 g/mol. The average Bonchev–Trinajstić information content (AvgIpc) is 2.03. The molecular formula is C9H11NOS. The monoisotopic (exact) mass is 181 g/mol. The van der Waals surface area contributed by atoms with Gasteiger partial charge in [0.25, 0.3) is 0 Å². The third-order valence-electron chi connectivity index (χ3n) is 1.69. The molecule has 0 spiro atoms. The molecule has 0 aliphatic carbocycles. The Hall–Kier alpha value is -0.960. The fourth-order valence-electron chi connectivity index (χ4n) is 0.883. The van der Waals surface area contributed by atoms with Gasteiger partial charge in [-0.3, -0.25) is 4.79 Å². The molecule has 64 valence electrons. The lowest BCUT2D eigenvalue weighted by atomic mass is 10.3. The minimum Gasteiger partial charge on any atom is -0.316 e. The fraction of sp³-hybridized carbons (Fsp3) is 0.222. The molecule has 1 aromatic rings. The van der Waals surface area contributed by atoms with Crippen LogP contribution in [0.4, 0.5) is 5.69 Å². The van der Waals surface area contributed by atoms with E-state index >= 15 is 0 Å². The first-order valence-electron chi connectivity index (χ1n) is 3.64. The minimum absolute atomic E-state index is 0.0222. The second kappa shape index (κ2) is 3.63. The third-order valence-corrected chi connectivity index (χ3v) is 1.97. The molecule has 0 atom stereocenters. The summed E-state index contributed by atoms with van der Waals surface area (Å²) < 4.78 is 0. The highest BCUT2D eigenvalue weighted by atomic mass is 32.1. The predicted octanol–water partition coefficient (Wildman–Crippen LogP) is 1.96. The molecule has 2 nitrogen and oxygen atoms in total. The highest BCUT2D eigenvalue weighted by Crippen LogP contribution is 2.16. The van der Waals surface area contributed by atoms with Gasteiger partial charge in [0, 0.05) is 24.6 Å². The topological polar surface area (TPSA) is 20.3 Å². The Morgan fingerprint density at radius 3 is 2.67 bits per heavy atom. The summed E-state index contributed by atoms with van der Waals surface area (Å²) in [6.07, 6.45) is 0. The van der Waals surface area contributed by atoms with Gasteiger partial charge in [0.05, 0.1) is 0 Å². The van der Waals surface area contributed by atoms with Gasteiger partial charge >= 0.3 is 0 Å². The van der Waals surface area contributed by atoms with Crippen molar-refractivity contribution in [3.05, 3.63) is 24.3 Å². The van der Waals surface area contributed by atoms with Crippen LogP contribution in [0.2, 0.25) is 0 Å². The van der Waals surface area contributed by atoms with Crippen molar-refractivity contribution in [1.82, 2.24) is 0 Å². The van der Waals surface area contributed by atoms with Crippen LogP contribution in [0.1, 0.15) is 6.92 Å². The summed E-state index contributed by atoms with van der Waals surface area (Å²) in [5.41, 5.74) is 0.870. The molecule has 0 bridgehead atoms. The molecule has 0 aliphatic rings. The molecule has 0 saturated heterocycles. The molecule has 0 fully saturated rings. The number of amides is 1. The first kappa shape index (κ1) is 9.13. The Labute approximate surface area is 77.6 Å². The molecule has 0 unspecified atom stereocenters. The number of hydrogen-bond acceptors (Lipinski definition) is 2. The number of hydrogen-bond donors (Lipinski definition) is 1. The van der Waals surface area contributed by atoms with E-state index in [9.17, 15) is 4.79 Å². The number of rotatable bonds is 1. The van der Waals surface area contributed by atoms with Crippen molar-refractivity contribution in [2.24, 2.45) is 0 Å². The summed E-state index contributed by atoms with van der Waals surface area (Å²) in [7, 11) is 1.74. The number of carbonyl (C=O) groups excluding carboxylic acids is 1. The van der Waals surface area contributed by atoms with Crippen molar-refractivity contribution in [2.45, 2.75) is 11.8 Å². The van der Waals surface area contributed by atoms with Crippen LogP contribution in [0.5, 0.6) is 0 Å². The molecule has 0 saturated carbocycles. The molecule has 0 heterocycles. The van der Waals surface area contributed by atoms with Crippen LogP contribution in [0.25, 0.3) is 0 Å². The highest BCUT2D eigenvalue weighted by Gasteiger charge is 2.03. The first-order valence-corrected chi connectivity index (χ1v) is 4.09. The standard InChI is InChI=1S/C9H11NOS/c1-7(11)10(2)8-4-3-5-9(12)6-8/h3-6,12H,1-2H3. The van der Waals surface area contributed by atoms with E-state index in [1.165, 1.54) is 6.92 Å². The summed E-state index contributed by atoms with van der Waals surface area (Å²) in [6, 6.07) is 7.48. The number of nitrogens with zero attached hydrogens (tertiary/aromatic N) is 1. The maximum Gasteiger partial charge on any atom is 0.223 e. The zero-order valence-electron chi connectivity index (χ0n) is 7.11. The molecule has 0 aliphatic heterocycles. The van der Waals surface area contributed by atoms with Crippen molar-refractivity contribution in [3.8, 4) is 0 Å². The Morgan fingerprint density at radius 2 is 2.17 bits per heavy atom. The van der Waals surface area contributed by atoms with Crippen LogP contribution in [-0.4, -0.2) is 13.0 Å². The normalized spacial score (nSPS) is 9.58. The summed E-state index contributed by atoms with van der Waals surface area (Å²) in [6.45, 7) is 1.53. The van der Waals surface area contributed by atoms with Gasteiger partial charge in [0.2, 0.25) is 5.91 Å². The Bertz CT molecular complexity index is 298. The molecule has 0 aromatic heterocycles. The molecule has 1 amide bonds. The maximum atomic E-state index is 11.0. The van der Waals surface area contributed by atoms with Crippen LogP contribution in [-0.2, 0) is 4.79 Å². The van der Waals surface area contributed by atoms with E-state index in [1.54, 1.807) is 11.9 Å². The van der Waals surface area contributed by atoms with E-state index in [-0.39, 0.29) is 5.91 Å². The highest BCUT2D eigenvalue weighted by molar-refractivity contribution is 7.80. The molecule has 1 rings (SSSR count). The average molecular weight is 181 g/mol. The van der Waals surface area contributed by atoms with E-state index < -0.39 is 0 Å². The maximum absolute atomic E-state index is 11.0.